The molecule has 2 aliphatic rings. The molecule has 2 N–H and O–H groups in total. The van der Waals surface area contributed by atoms with Gasteiger partial charge in [0.15, 0.2) is 0 Å². The Hall–Kier alpha value is -1.30. The lowest BCUT2D eigenvalue weighted by molar-refractivity contribution is -0.144. The van der Waals surface area contributed by atoms with Crippen molar-refractivity contribution < 1.29 is 19.4 Å². The minimum Gasteiger partial charge on any atom is -0.481 e. The smallest absolute Gasteiger partial charge is 0.317 e. The van der Waals surface area contributed by atoms with Crippen LogP contribution in [0.15, 0.2) is 0 Å². The van der Waals surface area contributed by atoms with Gasteiger partial charge < -0.3 is 20.1 Å². The molecule has 2 saturated carbocycles. The summed E-state index contributed by atoms with van der Waals surface area (Å²) in [5.74, 6) is -0.640. The molecular formula is C14H24N2O4. The number of carbonyl (C=O) groups is 2. The van der Waals surface area contributed by atoms with Crippen molar-refractivity contribution in [1.82, 2.24) is 10.2 Å². The maximum Gasteiger partial charge on any atom is 0.317 e. The summed E-state index contributed by atoms with van der Waals surface area (Å²) in [5, 5.41) is 12.3. The molecule has 0 saturated heterocycles. The van der Waals surface area contributed by atoms with Crippen molar-refractivity contribution >= 4 is 12.0 Å². The van der Waals surface area contributed by atoms with Crippen molar-refractivity contribution in [3.8, 4) is 0 Å². The summed E-state index contributed by atoms with van der Waals surface area (Å²) in [6.45, 7) is 3.55. The third-order valence-corrected chi connectivity index (χ3v) is 4.61. The highest BCUT2D eigenvalue weighted by Gasteiger charge is 2.51. The van der Waals surface area contributed by atoms with E-state index in [-0.39, 0.29) is 18.0 Å². The molecule has 2 fully saturated rings. The van der Waals surface area contributed by atoms with Crippen molar-refractivity contribution in [2.24, 2.45) is 17.8 Å². The molecule has 0 radical (unpaired) electrons. The fraction of sp³-hybridized carbons (Fsp3) is 0.857. The van der Waals surface area contributed by atoms with Gasteiger partial charge in [-0.25, -0.2) is 4.79 Å². The molecule has 6 nitrogen and oxygen atoms in total. The first-order chi connectivity index (χ1) is 9.54. The van der Waals surface area contributed by atoms with Crippen LogP contribution in [0, 0.1) is 17.8 Å². The van der Waals surface area contributed by atoms with Gasteiger partial charge in [-0.2, -0.15) is 0 Å². The minimum absolute atomic E-state index is 0.200. The number of carboxylic acid groups (broad SMARTS) is 1. The zero-order valence-corrected chi connectivity index (χ0v) is 12.2. The Kier molecular flexibility index (Phi) is 4.86. The molecule has 114 valence electrons. The predicted molar refractivity (Wildman–Crippen MR) is 73.4 cm³/mol. The molecular weight excluding hydrogens is 260 g/mol. The molecule has 0 spiro atoms. The number of carboxylic acids is 1. The zero-order chi connectivity index (χ0) is 14.7. The number of hydrogen-bond acceptors (Lipinski definition) is 3. The molecule has 0 aromatic rings. The number of fused-ring (bicyclic) bond motifs is 2. The van der Waals surface area contributed by atoms with Crippen LogP contribution in [0.3, 0.4) is 0 Å². The normalized spacial score (nSPS) is 31.3. The van der Waals surface area contributed by atoms with Gasteiger partial charge >= 0.3 is 12.0 Å². The van der Waals surface area contributed by atoms with Crippen molar-refractivity contribution in [2.75, 3.05) is 26.8 Å². The quantitative estimate of drug-likeness (QED) is 0.717. The van der Waals surface area contributed by atoms with Gasteiger partial charge in [0.2, 0.25) is 0 Å². The third kappa shape index (κ3) is 3.06. The first-order valence-corrected chi connectivity index (χ1v) is 7.36. The van der Waals surface area contributed by atoms with Gasteiger partial charge in [-0.05, 0) is 38.0 Å². The lowest BCUT2D eigenvalue weighted by Gasteiger charge is -2.30. The van der Waals surface area contributed by atoms with Crippen molar-refractivity contribution in [3.05, 3.63) is 0 Å². The SMILES string of the molecule is CCOCCN(C)C(=O)NC1C2CCC(C2)C1C(=O)O. The zero-order valence-electron chi connectivity index (χ0n) is 12.2. The van der Waals surface area contributed by atoms with E-state index in [1.54, 1.807) is 11.9 Å². The maximum atomic E-state index is 12.1. The third-order valence-electron chi connectivity index (χ3n) is 4.61. The average molecular weight is 284 g/mol. The molecule has 0 aromatic heterocycles. The molecule has 0 heterocycles. The van der Waals surface area contributed by atoms with E-state index in [4.69, 9.17) is 4.74 Å². The number of hydrogen-bond donors (Lipinski definition) is 2. The van der Waals surface area contributed by atoms with Gasteiger partial charge in [0, 0.05) is 26.2 Å². The Bertz CT molecular complexity index is 374. The van der Waals surface area contributed by atoms with Gasteiger partial charge in [-0.15, -0.1) is 0 Å². The number of carbonyl (C=O) groups excluding carboxylic acids is 1. The number of aliphatic carboxylic acids is 1. The summed E-state index contributed by atoms with van der Waals surface area (Å²) in [6.07, 6.45) is 2.95. The van der Waals surface area contributed by atoms with Crippen molar-refractivity contribution in [3.63, 3.8) is 0 Å². The number of nitrogens with zero attached hydrogens (tertiary/aromatic N) is 1. The number of amides is 2. The molecule has 2 aliphatic carbocycles. The van der Waals surface area contributed by atoms with Gasteiger partial charge in [0.1, 0.15) is 0 Å². The van der Waals surface area contributed by atoms with E-state index in [0.29, 0.717) is 25.7 Å². The number of urea groups is 1. The summed E-state index contributed by atoms with van der Waals surface area (Å²) in [5.41, 5.74) is 0. The van der Waals surface area contributed by atoms with E-state index in [1.165, 1.54) is 0 Å². The lowest BCUT2D eigenvalue weighted by Crippen LogP contribution is -2.51. The lowest BCUT2D eigenvalue weighted by atomic mass is 9.84. The van der Waals surface area contributed by atoms with Crippen LogP contribution in [0.2, 0.25) is 0 Å². The Labute approximate surface area is 119 Å². The first kappa shape index (κ1) is 15.1. The fourth-order valence-corrected chi connectivity index (χ4v) is 3.55. The second-order valence-electron chi connectivity index (χ2n) is 5.79. The van der Waals surface area contributed by atoms with E-state index in [9.17, 15) is 14.7 Å². The molecule has 4 atom stereocenters. The van der Waals surface area contributed by atoms with Crippen LogP contribution in [-0.2, 0) is 9.53 Å². The Morgan fingerprint density at radius 2 is 2.05 bits per heavy atom. The summed E-state index contributed by atoms with van der Waals surface area (Å²) in [6, 6.07) is -0.415. The highest BCUT2D eigenvalue weighted by molar-refractivity contribution is 5.77. The molecule has 20 heavy (non-hydrogen) atoms. The fourth-order valence-electron chi connectivity index (χ4n) is 3.55. The maximum absolute atomic E-state index is 12.1. The van der Waals surface area contributed by atoms with Gasteiger partial charge in [0.05, 0.1) is 12.5 Å². The molecule has 2 amide bonds. The summed E-state index contributed by atoms with van der Waals surface area (Å²) < 4.78 is 5.22. The van der Waals surface area contributed by atoms with Gasteiger partial charge in [0.25, 0.3) is 0 Å². The second kappa shape index (κ2) is 6.43. The van der Waals surface area contributed by atoms with E-state index >= 15 is 0 Å². The molecule has 0 aromatic carbocycles. The topological polar surface area (TPSA) is 78.9 Å². The molecule has 2 bridgehead atoms. The van der Waals surface area contributed by atoms with E-state index < -0.39 is 11.9 Å². The van der Waals surface area contributed by atoms with Gasteiger partial charge in [-0.3, -0.25) is 4.79 Å². The van der Waals surface area contributed by atoms with Gasteiger partial charge in [-0.1, -0.05) is 0 Å². The van der Waals surface area contributed by atoms with Crippen LogP contribution in [0.1, 0.15) is 26.2 Å². The predicted octanol–water partition coefficient (Wildman–Crippen LogP) is 1.16. The molecule has 0 aliphatic heterocycles. The number of rotatable bonds is 6. The Balaban J connectivity index is 1.88. The number of nitrogens with one attached hydrogen (secondary N) is 1. The van der Waals surface area contributed by atoms with Crippen LogP contribution >= 0.6 is 0 Å². The van der Waals surface area contributed by atoms with Crippen LogP contribution in [0.5, 0.6) is 0 Å². The van der Waals surface area contributed by atoms with Crippen LogP contribution < -0.4 is 5.32 Å². The Morgan fingerprint density at radius 1 is 1.35 bits per heavy atom. The van der Waals surface area contributed by atoms with E-state index in [0.717, 1.165) is 19.3 Å². The minimum atomic E-state index is -0.778. The van der Waals surface area contributed by atoms with Crippen molar-refractivity contribution in [2.45, 2.75) is 32.2 Å². The molecule has 4 unspecified atom stereocenters. The highest BCUT2D eigenvalue weighted by Crippen LogP contribution is 2.48. The first-order valence-electron chi connectivity index (χ1n) is 7.36. The van der Waals surface area contributed by atoms with Crippen LogP contribution in [0.4, 0.5) is 4.79 Å². The van der Waals surface area contributed by atoms with Crippen LogP contribution in [-0.4, -0.2) is 54.9 Å². The molecule has 6 heteroatoms. The summed E-state index contributed by atoms with van der Waals surface area (Å²) in [7, 11) is 1.71. The summed E-state index contributed by atoms with van der Waals surface area (Å²) >= 11 is 0. The number of ether oxygens (including phenoxy) is 1. The van der Waals surface area contributed by atoms with E-state index in [2.05, 4.69) is 5.32 Å². The standard InChI is InChI=1S/C14H24N2O4/c1-3-20-7-6-16(2)14(19)15-12-10-5-4-9(8-10)11(12)13(17)18/h9-12H,3-8H2,1-2H3,(H,15,19)(H,17,18). The number of likely N-dealkylation sites (N-methyl/N-ethyl adjacent to an activating group) is 1. The monoisotopic (exact) mass is 284 g/mol. The average Bonchev–Trinajstić information content (AvgIpc) is 2.99. The van der Waals surface area contributed by atoms with Crippen molar-refractivity contribution in [1.29, 1.82) is 0 Å². The Morgan fingerprint density at radius 3 is 2.70 bits per heavy atom. The summed E-state index contributed by atoms with van der Waals surface area (Å²) in [4.78, 5) is 25.0. The van der Waals surface area contributed by atoms with Crippen LogP contribution in [0.25, 0.3) is 0 Å². The highest BCUT2D eigenvalue weighted by atomic mass is 16.5. The second-order valence-corrected chi connectivity index (χ2v) is 5.79. The largest absolute Gasteiger partial charge is 0.481 e. The van der Waals surface area contributed by atoms with E-state index in [1.807, 2.05) is 6.92 Å². The molecule has 2 rings (SSSR count).